The molecule has 0 aromatic heterocycles. The Labute approximate surface area is 104 Å². The molecule has 1 unspecified atom stereocenters. The van der Waals surface area contributed by atoms with E-state index in [1.807, 2.05) is 0 Å². The maximum Gasteiger partial charge on any atom is 0.261 e. The van der Waals surface area contributed by atoms with Crippen LogP contribution in [0, 0.1) is 0 Å². The summed E-state index contributed by atoms with van der Waals surface area (Å²) in [5, 5.41) is 3.45. The van der Waals surface area contributed by atoms with E-state index in [0.717, 1.165) is 25.8 Å². The number of rotatable bonds is 12. The molecule has 0 aromatic carbocycles. The lowest BCUT2D eigenvalue weighted by Gasteiger charge is -2.18. The minimum absolute atomic E-state index is 0.416. The first kappa shape index (κ1) is 16.8. The summed E-state index contributed by atoms with van der Waals surface area (Å²) in [6.07, 6.45) is 4.35. The Kier molecular flexibility index (Phi) is 12.1. The molecule has 0 fully saturated rings. The van der Waals surface area contributed by atoms with Gasteiger partial charge in [-0.15, -0.1) is 0 Å². The average molecular weight is 251 g/mol. The predicted octanol–water partition coefficient (Wildman–Crippen LogP) is 3.61. The number of unbranched alkanes of at least 4 members (excludes halogenated alkanes) is 2. The second kappa shape index (κ2) is 12.2. The SMILES string of the molecule is CCCCCC(CCOCC(F)F)NCCC. The van der Waals surface area contributed by atoms with E-state index in [1.54, 1.807) is 0 Å². The fraction of sp³-hybridized carbons (Fsp3) is 1.00. The second-order valence-corrected chi connectivity index (χ2v) is 4.40. The number of hydrogen-bond acceptors (Lipinski definition) is 2. The third-order valence-electron chi connectivity index (χ3n) is 2.69. The number of alkyl halides is 2. The van der Waals surface area contributed by atoms with Crippen LogP contribution < -0.4 is 5.32 Å². The van der Waals surface area contributed by atoms with Gasteiger partial charge in [-0.25, -0.2) is 8.78 Å². The van der Waals surface area contributed by atoms with E-state index in [9.17, 15) is 8.78 Å². The molecule has 0 aliphatic heterocycles. The predicted molar refractivity (Wildman–Crippen MR) is 67.7 cm³/mol. The van der Waals surface area contributed by atoms with Crippen LogP contribution in [0.5, 0.6) is 0 Å². The number of nitrogens with one attached hydrogen (secondary N) is 1. The van der Waals surface area contributed by atoms with Crippen molar-refractivity contribution >= 4 is 0 Å². The molecule has 0 saturated heterocycles. The van der Waals surface area contributed by atoms with Crippen LogP contribution in [-0.2, 0) is 4.74 Å². The first-order valence-corrected chi connectivity index (χ1v) is 6.79. The Hall–Kier alpha value is -0.220. The molecule has 0 rings (SSSR count). The van der Waals surface area contributed by atoms with Crippen molar-refractivity contribution in [3.63, 3.8) is 0 Å². The molecular weight excluding hydrogens is 224 g/mol. The third-order valence-corrected chi connectivity index (χ3v) is 2.69. The summed E-state index contributed by atoms with van der Waals surface area (Å²) in [6.45, 7) is 5.29. The zero-order valence-corrected chi connectivity index (χ0v) is 11.2. The van der Waals surface area contributed by atoms with E-state index < -0.39 is 13.0 Å². The average Bonchev–Trinajstić information content (AvgIpc) is 2.30. The largest absolute Gasteiger partial charge is 0.375 e. The Morgan fingerprint density at radius 2 is 1.82 bits per heavy atom. The monoisotopic (exact) mass is 251 g/mol. The summed E-state index contributed by atoms with van der Waals surface area (Å²) in [5.74, 6) is 0. The summed E-state index contributed by atoms with van der Waals surface area (Å²) in [6, 6.07) is 0.416. The molecule has 104 valence electrons. The summed E-state index contributed by atoms with van der Waals surface area (Å²) in [4.78, 5) is 0. The molecule has 2 nitrogen and oxygen atoms in total. The van der Waals surface area contributed by atoms with Gasteiger partial charge in [0.2, 0.25) is 0 Å². The smallest absolute Gasteiger partial charge is 0.261 e. The van der Waals surface area contributed by atoms with Crippen LogP contribution in [0.3, 0.4) is 0 Å². The molecule has 0 heterocycles. The molecular formula is C13H27F2NO. The van der Waals surface area contributed by atoms with Crippen molar-refractivity contribution in [3.05, 3.63) is 0 Å². The van der Waals surface area contributed by atoms with Crippen LogP contribution >= 0.6 is 0 Å². The Morgan fingerprint density at radius 3 is 2.41 bits per heavy atom. The van der Waals surface area contributed by atoms with Crippen LogP contribution in [0.4, 0.5) is 8.78 Å². The molecule has 0 saturated carbocycles. The van der Waals surface area contributed by atoms with Gasteiger partial charge in [0.15, 0.2) is 0 Å². The molecule has 0 radical (unpaired) electrons. The van der Waals surface area contributed by atoms with E-state index in [-0.39, 0.29) is 0 Å². The lowest BCUT2D eigenvalue weighted by molar-refractivity contribution is 0.0141. The van der Waals surface area contributed by atoms with E-state index in [4.69, 9.17) is 4.74 Å². The van der Waals surface area contributed by atoms with Gasteiger partial charge in [-0.2, -0.15) is 0 Å². The molecule has 0 aliphatic carbocycles. The van der Waals surface area contributed by atoms with Crippen molar-refractivity contribution < 1.29 is 13.5 Å². The fourth-order valence-electron chi connectivity index (χ4n) is 1.74. The summed E-state index contributed by atoms with van der Waals surface area (Å²) in [5.41, 5.74) is 0. The first-order valence-electron chi connectivity index (χ1n) is 6.79. The Morgan fingerprint density at radius 1 is 1.06 bits per heavy atom. The van der Waals surface area contributed by atoms with Crippen LogP contribution in [0.25, 0.3) is 0 Å². The van der Waals surface area contributed by atoms with Gasteiger partial charge in [-0.1, -0.05) is 33.1 Å². The van der Waals surface area contributed by atoms with Gasteiger partial charge in [-0.05, 0) is 25.8 Å². The van der Waals surface area contributed by atoms with E-state index in [1.165, 1.54) is 19.3 Å². The molecule has 0 aromatic rings. The van der Waals surface area contributed by atoms with Gasteiger partial charge in [0.1, 0.15) is 6.61 Å². The van der Waals surface area contributed by atoms with Crippen LogP contribution in [0.2, 0.25) is 0 Å². The van der Waals surface area contributed by atoms with Crippen LogP contribution in [-0.4, -0.2) is 32.2 Å². The van der Waals surface area contributed by atoms with Gasteiger partial charge in [0.05, 0.1) is 0 Å². The van der Waals surface area contributed by atoms with Crippen molar-refractivity contribution in [3.8, 4) is 0 Å². The Balaban J connectivity index is 3.60. The lowest BCUT2D eigenvalue weighted by Crippen LogP contribution is -2.31. The Bertz CT molecular complexity index is 156. The summed E-state index contributed by atoms with van der Waals surface area (Å²) >= 11 is 0. The molecule has 1 atom stereocenters. The molecule has 0 aliphatic rings. The topological polar surface area (TPSA) is 21.3 Å². The maximum atomic E-state index is 11.9. The molecule has 0 amide bonds. The highest BCUT2D eigenvalue weighted by Crippen LogP contribution is 2.07. The lowest BCUT2D eigenvalue weighted by atomic mass is 10.1. The zero-order chi connectivity index (χ0) is 12.9. The van der Waals surface area contributed by atoms with Gasteiger partial charge in [0, 0.05) is 12.6 Å². The van der Waals surface area contributed by atoms with Crippen LogP contribution in [0.15, 0.2) is 0 Å². The highest BCUT2D eigenvalue weighted by molar-refractivity contribution is 4.66. The van der Waals surface area contributed by atoms with Crippen molar-refractivity contribution in [2.45, 2.75) is 64.8 Å². The van der Waals surface area contributed by atoms with Crippen molar-refractivity contribution in [1.29, 1.82) is 0 Å². The number of hydrogen-bond donors (Lipinski definition) is 1. The molecule has 17 heavy (non-hydrogen) atoms. The van der Waals surface area contributed by atoms with Crippen molar-refractivity contribution in [1.82, 2.24) is 5.32 Å². The van der Waals surface area contributed by atoms with Gasteiger partial charge in [0.25, 0.3) is 6.43 Å². The first-order chi connectivity index (χ1) is 8.20. The number of ether oxygens (including phenoxy) is 1. The van der Waals surface area contributed by atoms with E-state index in [0.29, 0.717) is 12.6 Å². The van der Waals surface area contributed by atoms with Crippen LogP contribution in [0.1, 0.15) is 52.4 Å². The third kappa shape index (κ3) is 12.0. The van der Waals surface area contributed by atoms with Gasteiger partial charge >= 0.3 is 0 Å². The standard InChI is InChI=1S/C13H27F2NO/c1-3-5-6-7-12(16-9-4-2)8-10-17-11-13(14)15/h12-13,16H,3-11H2,1-2H3. The minimum atomic E-state index is -2.35. The summed E-state index contributed by atoms with van der Waals surface area (Å²) in [7, 11) is 0. The minimum Gasteiger partial charge on any atom is -0.375 e. The summed E-state index contributed by atoms with van der Waals surface area (Å²) < 4.78 is 28.7. The zero-order valence-electron chi connectivity index (χ0n) is 11.2. The highest BCUT2D eigenvalue weighted by Gasteiger charge is 2.08. The van der Waals surface area contributed by atoms with Crippen molar-refractivity contribution in [2.24, 2.45) is 0 Å². The van der Waals surface area contributed by atoms with Crippen molar-refractivity contribution in [2.75, 3.05) is 19.8 Å². The quantitative estimate of drug-likeness (QED) is 0.535. The number of halogens is 2. The van der Waals surface area contributed by atoms with Gasteiger partial charge < -0.3 is 10.1 Å². The second-order valence-electron chi connectivity index (χ2n) is 4.40. The molecule has 0 spiro atoms. The van der Waals surface area contributed by atoms with E-state index in [2.05, 4.69) is 19.2 Å². The normalized spacial score (nSPS) is 13.2. The molecule has 4 heteroatoms. The maximum absolute atomic E-state index is 11.9. The molecule has 0 bridgehead atoms. The van der Waals surface area contributed by atoms with E-state index >= 15 is 0 Å². The highest BCUT2D eigenvalue weighted by atomic mass is 19.3. The fourth-order valence-corrected chi connectivity index (χ4v) is 1.74. The van der Waals surface area contributed by atoms with Gasteiger partial charge in [-0.3, -0.25) is 0 Å². The molecule has 1 N–H and O–H groups in total.